The second kappa shape index (κ2) is 12.2. The summed E-state index contributed by atoms with van der Waals surface area (Å²) < 4.78 is 22.6. The molecule has 1 saturated heterocycles. The molecular weight excluding hydrogens is 398 g/mol. The Morgan fingerprint density at radius 1 is 1.31 bits per heavy atom. The summed E-state index contributed by atoms with van der Waals surface area (Å²) in [6.07, 6.45) is -0.389. The highest BCUT2D eigenvalue weighted by Gasteiger charge is 2.24. The standard InChI is InChI=1S/C20H32ClN3O5/c1-4-26-18-10-17(22)16(21)9-15(18)20(25)23-11-14-12-24(7-8-29-14)13-19(27-5-2)28-6-3/h9-10,14,19H,4-8,11-13,22H2,1-3H3,(H,23,25). The van der Waals surface area contributed by atoms with E-state index < -0.39 is 0 Å². The monoisotopic (exact) mass is 429 g/mol. The molecule has 1 aliphatic heterocycles. The van der Waals surface area contributed by atoms with Crippen molar-refractivity contribution in [3.05, 3.63) is 22.7 Å². The van der Waals surface area contributed by atoms with Gasteiger partial charge in [0.05, 0.1) is 35.6 Å². The number of carbonyl (C=O) groups excluding carboxylic acids is 1. The molecule has 1 amide bonds. The summed E-state index contributed by atoms with van der Waals surface area (Å²) in [6.45, 7) is 10.4. The molecule has 0 saturated carbocycles. The molecule has 0 bridgehead atoms. The van der Waals surface area contributed by atoms with Gasteiger partial charge in [-0.15, -0.1) is 0 Å². The van der Waals surface area contributed by atoms with Crippen molar-refractivity contribution in [3.8, 4) is 5.75 Å². The van der Waals surface area contributed by atoms with Crippen molar-refractivity contribution in [1.82, 2.24) is 10.2 Å². The van der Waals surface area contributed by atoms with Crippen molar-refractivity contribution in [3.63, 3.8) is 0 Å². The molecule has 1 aromatic rings. The summed E-state index contributed by atoms with van der Waals surface area (Å²) >= 11 is 6.08. The maximum absolute atomic E-state index is 12.7. The van der Waals surface area contributed by atoms with Gasteiger partial charge in [0, 0.05) is 45.5 Å². The highest BCUT2D eigenvalue weighted by Crippen LogP contribution is 2.29. The molecule has 1 aromatic carbocycles. The van der Waals surface area contributed by atoms with E-state index in [0.717, 1.165) is 6.54 Å². The Bertz CT molecular complexity index is 655. The topological polar surface area (TPSA) is 95.3 Å². The van der Waals surface area contributed by atoms with Gasteiger partial charge < -0.3 is 30.0 Å². The first kappa shape index (κ1) is 23.7. The van der Waals surface area contributed by atoms with Crippen LogP contribution >= 0.6 is 11.6 Å². The molecule has 29 heavy (non-hydrogen) atoms. The normalized spacial score (nSPS) is 17.5. The van der Waals surface area contributed by atoms with E-state index in [4.69, 9.17) is 36.3 Å². The third-order valence-electron chi connectivity index (χ3n) is 4.47. The van der Waals surface area contributed by atoms with Crippen molar-refractivity contribution in [2.24, 2.45) is 0 Å². The summed E-state index contributed by atoms with van der Waals surface area (Å²) in [5.41, 5.74) is 6.54. The van der Waals surface area contributed by atoms with Gasteiger partial charge in [-0.1, -0.05) is 11.6 Å². The Morgan fingerprint density at radius 3 is 2.69 bits per heavy atom. The molecule has 1 fully saturated rings. The van der Waals surface area contributed by atoms with Crippen molar-refractivity contribution in [1.29, 1.82) is 0 Å². The average molecular weight is 430 g/mol. The Balaban J connectivity index is 1.92. The molecular formula is C20H32ClN3O5. The maximum Gasteiger partial charge on any atom is 0.255 e. The predicted octanol–water partition coefficient (Wildman–Crippen LogP) is 2.15. The Kier molecular flexibility index (Phi) is 9.96. The number of benzene rings is 1. The predicted molar refractivity (Wildman–Crippen MR) is 113 cm³/mol. The Labute approximate surface area is 177 Å². The number of nitrogens with two attached hydrogens (primary N) is 1. The lowest BCUT2D eigenvalue weighted by molar-refractivity contribution is -0.156. The lowest BCUT2D eigenvalue weighted by atomic mass is 10.1. The van der Waals surface area contributed by atoms with Crippen LogP contribution in [0.3, 0.4) is 0 Å². The van der Waals surface area contributed by atoms with Crippen molar-refractivity contribution in [2.45, 2.75) is 33.2 Å². The number of halogens is 1. The first-order valence-corrected chi connectivity index (χ1v) is 10.4. The van der Waals surface area contributed by atoms with E-state index in [1.54, 1.807) is 6.07 Å². The van der Waals surface area contributed by atoms with Crippen LogP contribution in [0.1, 0.15) is 31.1 Å². The van der Waals surface area contributed by atoms with E-state index >= 15 is 0 Å². The van der Waals surface area contributed by atoms with Gasteiger partial charge in [0.1, 0.15) is 5.75 Å². The minimum Gasteiger partial charge on any atom is -0.493 e. The molecule has 1 heterocycles. The molecule has 0 aliphatic carbocycles. The van der Waals surface area contributed by atoms with Gasteiger partial charge in [-0.05, 0) is 26.8 Å². The van der Waals surface area contributed by atoms with E-state index in [1.165, 1.54) is 6.07 Å². The number of ether oxygens (including phenoxy) is 4. The van der Waals surface area contributed by atoms with Gasteiger partial charge in [0.25, 0.3) is 5.91 Å². The van der Waals surface area contributed by atoms with Crippen LogP contribution < -0.4 is 15.8 Å². The van der Waals surface area contributed by atoms with Gasteiger partial charge in [-0.3, -0.25) is 9.69 Å². The molecule has 0 spiro atoms. The van der Waals surface area contributed by atoms with E-state index in [-0.39, 0.29) is 18.3 Å². The molecule has 0 radical (unpaired) electrons. The summed E-state index contributed by atoms with van der Waals surface area (Å²) in [6, 6.07) is 3.10. The number of morpholine rings is 1. The summed E-state index contributed by atoms with van der Waals surface area (Å²) in [5, 5.41) is 3.22. The number of anilines is 1. The van der Waals surface area contributed by atoms with Gasteiger partial charge in [0.15, 0.2) is 6.29 Å². The third-order valence-corrected chi connectivity index (χ3v) is 4.80. The van der Waals surface area contributed by atoms with Gasteiger partial charge in [-0.2, -0.15) is 0 Å². The SMILES string of the molecule is CCOc1cc(N)c(Cl)cc1C(=O)NCC1CN(CC(OCC)OCC)CCO1. The molecule has 1 aliphatic rings. The Hall–Kier alpha value is -1.58. The number of hydrogen-bond donors (Lipinski definition) is 2. The lowest BCUT2D eigenvalue weighted by Crippen LogP contribution is -2.50. The number of carbonyl (C=O) groups is 1. The second-order valence-electron chi connectivity index (χ2n) is 6.61. The maximum atomic E-state index is 12.7. The molecule has 1 atom stereocenters. The minimum absolute atomic E-state index is 0.128. The van der Waals surface area contributed by atoms with Crippen molar-refractivity contribution >= 4 is 23.2 Å². The van der Waals surface area contributed by atoms with Crippen LogP contribution in [0, 0.1) is 0 Å². The molecule has 0 aromatic heterocycles. The van der Waals surface area contributed by atoms with Crippen LogP contribution in [-0.2, 0) is 14.2 Å². The van der Waals surface area contributed by atoms with E-state index in [1.807, 2.05) is 20.8 Å². The number of hydrogen-bond acceptors (Lipinski definition) is 7. The smallest absolute Gasteiger partial charge is 0.255 e. The zero-order chi connectivity index (χ0) is 21.2. The molecule has 3 N–H and O–H groups in total. The van der Waals surface area contributed by atoms with Crippen LogP contribution in [-0.4, -0.2) is 75.8 Å². The zero-order valence-electron chi connectivity index (χ0n) is 17.4. The fraction of sp³-hybridized carbons (Fsp3) is 0.650. The largest absolute Gasteiger partial charge is 0.493 e. The van der Waals surface area contributed by atoms with Gasteiger partial charge in [0.2, 0.25) is 0 Å². The van der Waals surface area contributed by atoms with Crippen molar-refractivity contribution < 1.29 is 23.7 Å². The summed E-state index contributed by atoms with van der Waals surface area (Å²) in [5.74, 6) is 0.131. The number of amides is 1. The fourth-order valence-corrected chi connectivity index (χ4v) is 3.29. The minimum atomic E-state index is -0.280. The van der Waals surface area contributed by atoms with E-state index in [9.17, 15) is 4.79 Å². The fourth-order valence-electron chi connectivity index (χ4n) is 3.13. The van der Waals surface area contributed by atoms with Crippen LogP contribution in [0.4, 0.5) is 5.69 Å². The average Bonchev–Trinajstić information content (AvgIpc) is 2.69. The molecule has 164 valence electrons. The third kappa shape index (κ3) is 7.31. The van der Waals surface area contributed by atoms with E-state index in [0.29, 0.717) is 68.1 Å². The molecule has 2 rings (SSSR count). The molecule has 8 nitrogen and oxygen atoms in total. The van der Waals surface area contributed by atoms with Gasteiger partial charge in [-0.25, -0.2) is 0 Å². The van der Waals surface area contributed by atoms with Crippen LogP contribution in [0.25, 0.3) is 0 Å². The molecule has 9 heteroatoms. The summed E-state index contributed by atoms with van der Waals surface area (Å²) in [7, 11) is 0. The number of nitrogen functional groups attached to an aromatic ring is 1. The van der Waals surface area contributed by atoms with Crippen LogP contribution in [0.5, 0.6) is 5.75 Å². The van der Waals surface area contributed by atoms with Gasteiger partial charge >= 0.3 is 0 Å². The highest BCUT2D eigenvalue weighted by atomic mass is 35.5. The number of nitrogens with one attached hydrogen (secondary N) is 1. The number of nitrogens with zero attached hydrogens (tertiary/aromatic N) is 1. The van der Waals surface area contributed by atoms with Crippen LogP contribution in [0.2, 0.25) is 5.02 Å². The highest BCUT2D eigenvalue weighted by molar-refractivity contribution is 6.33. The first-order valence-electron chi connectivity index (χ1n) is 10.1. The lowest BCUT2D eigenvalue weighted by Gasteiger charge is -2.34. The zero-order valence-corrected chi connectivity index (χ0v) is 18.2. The summed E-state index contributed by atoms with van der Waals surface area (Å²) in [4.78, 5) is 14.9. The molecule has 1 unspecified atom stereocenters. The first-order chi connectivity index (χ1) is 14.0. The Morgan fingerprint density at radius 2 is 2.03 bits per heavy atom. The van der Waals surface area contributed by atoms with E-state index in [2.05, 4.69) is 10.2 Å². The van der Waals surface area contributed by atoms with Crippen molar-refractivity contribution in [2.75, 3.05) is 58.3 Å². The van der Waals surface area contributed by atoms with Crippen LogP contribution in [0.15, 0.2) is 12.1 Å². The quantitative estimate of drug-likeness (QED) is 0.411. The second-order valence-corrected chi connectivity index (χ2v) is 7.01. The number of rotatable bonds is 11.